The zero-order chi connectivity index (χ0) is 10.6. The van der Waals surface area contributed by atoms with Gasteiger partial charge in [-0.3, -0.25) is 0 Å². The number of hydrogen-bond acceptors (Lipinski definition) is 4. The topological polar surface area (TPSA) is 62.3 Å². The van der Waals surface area contributed by atoms with Crippen LogP contribution in [0.3, 0.4) is 0 Å². The molecular weight excluding hydrogens is 182 g/mol. The first-order valence-electron chi connectivity index (χ1n) is 4.57. The number of rotatable bonds is 5. The molecule has 0 saturated heterocycles. The Labute approximate surface area is 83.8 Å². The molecule has 1 aromatic rings. The van der Waals surface area contributed by atoms with E-state index >= 15 is 0 Å². The molecule has 1 aromatic heterocycles. The number of nitrogens with zero attached hydrogens (tertiary/aromatic N) is 2. The van der Waals surface area contributed by atoms with Crippen LogP contribution >= 0.6 is 0 Å². The van der Waals surface area contributed by atoms with Crippen LogP contribution in [-0.2, 0) is 11.8 Å². The van der Waals surface area contributed by atoms with Crippen molar-refractivity contribution in [2.45, 2.75) is 13.3 Å². The zero-order valence-electron chi connectivity index (χ0n) is 8.91. The number of aromatic nitrogens is 2. The molecular formula is C9H17N3O2. The highest BCUT2D eigenvalue weighted by molar-refractivity contribution is 5.52. The summed E-state index contributed by atoms with van der Waals surface area (Å²) in [5, 5.41) is 4.14. The van der Waals surface area contributed by atoms with Crippen molar-refractivity contribution in [3.05, 3.63) is 5.69 Å². The van der Waals surface area contributed by atoms with Crippen LogP contribution in [0.2, 0.25) is 0 Å². The Morgan fingerprint density at radius 1 is 1.43 bits per heavy atom. The van der Waals surface area contributed by atoms with Crippen LogP contribution in [0.4, 0.5) is 5.69 Å². The second-order valence-corrected chi connectivity index (χ2v) is 3.12. The molecule has 1 heterocycles. The normalized spacial score (nSPS) is 10.5. The molecule has 0 atom stereocenters. The largest absolute Gasteiger partial charge is 0.476 e. The molecule has 5 heteroatoms. The second-order valence-electron chi connectivity index (χ2n) is 3.12. The molecule has 0 aliphatic carbocycles. The van der Waals surface area contributed by atoms with Crippen LogP contribution in [0.5, 0.6) is 5.88 Å². The minimum atomic E-state index is 0.594. The SMILES string of the molecule is COCCCOc1c(N)c(C)nn1C. The Hall–Kier alpha value is -1.23. The molecule has 0 saturated carbocycles. The molecule has 0 radical (unpaired) electrons. The lowest BCUT2D eigenvalue weighted by atomic mass is 10.4. The maximum absolute atomic E-state index is 5.78. The van der Waals surface area contributed by atoms with Gasteiger partial charge in [0.05, 0.1) is 12.3 Å². The molecule has 0 aromatic carbocycles. The standard InChI is InChI=1S/C9H17N3O2/c1-7-8(10)9(12(2)11-7)14-6-4-5-13-3/h4-6,10H2,1-3H3. The van der Waals surface area contributed by atoms with Gasteiger partial charge >= 0.3 is 0 Å². The van der Waals surface area contributed by atoms with E-state index in [2.05, 4.69) is 5.10 Å². The fourth-order valence-corrected chi connectivity index (χ4v) is 1.20. The van der Waals surface area contributed by atoms with E-state index in [1.807, 2.05) is 14.0 Å². The van der Waals surface area contributed by atoms with Gasteiger partial charge in [0.2, 0.25) is 5.88 Å². The van der Waals surface area contributed by atoms with E-state index in [1.54, 1.807) is 11.8 Å². The Kier molecular flexibility index (Phi) is 3.76. The van der Waals surface area contributed by atoms with E-state index < -0.39 is 0 Å². The molecule has 2 N–H and O–H groups in total. The number of hydrogen-bond donors (Lipinski definition) is 1. The van der Waals surface area contributed by atoms with E-state index in [0.29, 0.717) is 24.8 Å². The van der Waals surface area contributed by atoms with E-state index in [0.717, 1.165) is 12.1 Å². The van der Waals surface area contributed by atoms with Crippen molar-refractivity contribution in [3.8, 4) is 5.88 Å². The smallest absolute Gasteiger partial charge is 0.235 e. The second kappa shape index (κ2) is 4.85. The molecule has 1 rings (SSSR count). The molecule has 14 heavy (non-hydrogen) atoms. The molecule has 0 fully saturated rings. The van der Waals surface area contributed by atoms with Gasteiger partial charge in [-0.2, -0.15) is 5.10 Å². The molecule has 80 valence electrons. The van der Waals surface area contributed by atoms with Gasteiger partial charge in [0.25, 0.3) is 0 Å². The molecule has 0 bridgehead atoms. The average molecular weight is 199 g/mol. The van der Waals surface area contributed by atoms with Crippen LogP contribution in [-0.4, -0.2) is 30.1 Å². The molecule has 0 amide bonds. The minimum Gasteiger partial charge on any atom is -0.476 e. The molecule has 0 unspecified atom stereocenters. The van der Waals surface area contributed by atoms with Gasteiger partial charge in [0.15, 0.2) is 0 Å². The van der Waals surface area contributed by atoms with Gasteiger partial charge in [0, 0.05) is 27.2 Å². The highest BCUT2D eigenvalue weighted by Gasteiger charge is 2.10. The summed E-state index contributed by atoms with van der Waals surface area (Å²) >= 11 is 0. The minimum absolute atomic E-state index is 0.594. The van der Waals surface area contributed by atoms with Gasteiger partial charge in [-0.15, -0.1) is 0 Å². The van der Waals surface area contributed by atoms with E-state index in [4.69, 9.17) is 15.2 Å². The number of methoxy groups -OCH3 is 1. The number of nitrogens with two attached hydrogens (primary N) is 1. The first-order valence-corrected chi connectivity index (χ1v) is 4.57. The number of nitrogen functional groups attached to an aromatic ring is 1. The summed E-state index contributed by atoms with van der Waals surface area (Å²) in [6.45, 7) is 3.14. The van der Waals surface area contributed by atoms with E-state index in [-0.39, 0.29) is 0 Å². The van der Waals surface area contributed by atoms with Gasteiger partial charge in [-0.1, -0.05) is 0 Å². The highest BCUT2D eigenvalue weighted by Crippen LogP contribution is 2.23. The summed E-state index contributed by atoms with van der Waals surface area (Å²) in [7, 11) is 3.48. The van der Waals surface area contributed by atoms with Crippen LogP contribution in [0.25, 0.3) is 0 Å². The van der Waals surface area contributed by atoms with Crippen molar-refractivity contribution in [1.29, 1.82) is 0 Å². The molecule has 0 aliphatic heterocycles. The Bertz CT molecular complexity index is 296. The Morgan fingerprint density at radius 2 is 2.14 bits per heavy atom. The average Bonchev–Trinajstić information content (AvgIpc) is 2.38. The van der Waals surface area contributed by atoms with E-state index in [1.165, 1.54) is 0 Å². The van der Waals surface area contributed by atoms with Crippen molar-refractivity contribution in [2.24, 2.45) is 7.05 Å². The summed E-state index contributed by atoms with van der Waals surface area (Å²) in [4.78, 5) is 0. The third kappa shape index (κ3) is 2.38. The number of anilines is 1. The van der Waals surface area contributed by atoms with Crippen LogP contribution < -0.4 is 10.5 Å². The lowest BCUT2D eigenvalue weighted by molar-refractivity contribution is 0.169. The third-order valence-corrected chi connectivity index (χ3v) is 1.95. The quantitative estimate of drug-likeness (QED) is 0.710. The van der Waals surface area contributed by atoms with Crippen molar-refractivity contribution in [2.75, 3.05) is 26.1 Å². The van der Waals surface area contributed by atoms with Crippen LogP contribution in [0, 0.1) is 6.92 Å². The third-order valence-electron chi connectivity index (χ3n) is 1.95. The Balaban J connectivity index is 2.49. The maximum Gasteiger partial charge on any atom is 0.235 e. The van der Waals surface area contributed by atoms with Crippen molar-refractivity contribution >= 4 is 5.69 Å². The van der Waals surface area contributed by atoms with Crippen LogP contribution in [0.15, 0.2) is 0 Å². The summed E-state index contributed by atoms with van der Waals surface area (Å²) < 4.78 is 12.0. The van der Waals surface area contributed by atoms with Crippen LogP contribution in [0.1, 0.15) is 12.1 Å². The fourth-order valence-electron chi connectivity index (χ4n) is 1.20. The fraction of sp³-hybridized carbons (Fsp3) is 0.667. The molecule has 0 spiro atoms. The summed E-state index contributed by atoms with van der Waals surface area (Å²) in [6.07, 6.45) is 0.847. The van der Waals surface area contributed by atoms with E-state index in [9.17, 15) is 0 Å². The van der Waals surface area contributed by atoms with Crippen molar-refractivity contribution in [3.63, 3.8) is 0 Å². The maximum atomic E-state index is 5.78. The summed E-state index contributed by atoms with van der Waals surface area (Å²) in [6, 6.07) is 0. The Morgan fingerprint density at radius 3 is 2.64 bits per heavy atom. The van der Waals surface area contributed by atoms with Gasteiger partial charge < -0.3 is 15.2 Å². The molecule has 0 aliphatic rings. The lowest BCUT2D eigenvalue weighted by Crippen LogP contribution is -2.06. The number of ether oxygens (including phenoxy) is 2. The highest BCUT2D eigenvalue weighted by atomic mass is 16.5. The molecule has 5 nitrogen and oxygen atoms in total. The first-order chi connectivity index (χ1) is 6.66. The lowest BCUT2D eigenvalue weighted by Gasteiger charge is -2.06. The first kappa shape index (κ1) is 10.8. The predicted molar refractivity (Wildman–Crippen MR) is 54.3 cm³/mol. The predicted octanol–water partition coefficient (Wildman–Crippen LogP) is 0.726. The summed E-state index contributed by atoms with van der Waals surface area (Å²) in [5.41, 5.74) is 7.19. The van der Waals surface area contributed by atoms with Crippen molar-refractivity contribution < 1.29 is 9.47 Å². The monoisotopic (exact) mass is 199 g/mol. The number of aryl methyl sites for hydroxylation is 2. The summed E-state index contributed by atoms with van der Waals surface area (Å²) in [5.74, 6) is 0.638. The zero-order valence-corrected chi connectivity index (χ0v) is 8.91. The van der Waals surface area contributed by atoms with Crippen molar-refractivity contribution in [1.82, 2.24) is 9.78 Å². The van der Waals surface area contributed by atoms with Gasteiger partial charge in [-0.05, 0) is 6.92 Å². The van der Waals surface area contributed by atoms with Gasteiger partial charge in [0.1, 0.15) is 5.69 Å². The van der Waals surface area contributed by atoms with Gasteiger partial charge in [-0.25, -0.2) is 4.68 Å².